The average molecular weight is 649 g/mol. The summed E-state index contributed by atoms with van der Waals surface area (Å²) in [5.41, 5.74) is 5.74. The predicted molar refractivity (Wildman–Crippen MR) is 173 cm³/mol. The van der Waals surface area contributed by atoms with Crippen molar-refractivity contribution in [3.8, 4) is 11.1 Å². The van der Waals surface area contributed by atoms with Crippen molar-refractivity contribution >= 4 is 35.1 Å². The maximum absolute atomic E-state index is 12.1. The fourth-order valence-electron chi connectivity index (χ4n) is 4.83. The number of carbonyl (C=O) groups is 2. The molecule has 2 amide bonds. The number of urea groups is 1. The van der Waals surface area contributed by atoms with Crippen LogP contribution >= 0.6 is 23.1 Å². The van der Waals surface area contributed by atoms with Crippen LogP contribution in [0.4, 0.5) is 4.79 Å². The number of rotatable bonds is 12. The van der Waals surface area contributed by atoms with Crippen molar-refractivity contribution in [1.29, 1.82) is 0 Å². The van der Waals surface area contributed by atoms with Crippen LogP contribution in [0.2, 0.25) is 0 Å². The Labute approximate surface area is 270 Å². The number of aromatic nitrogens is 2. The first-order valence-electron chi connectivity index (χ1n) is 14.7. The number of amides is 2. The Morgan fingerprint density at radius 3 is 2.47 bits per heavy atom. The second-order valence-electron chi connectivity index (χ2n) is 10.4. The molecular weight excluding hydrogens is 613 g/mol. The molecule has 1 aliphatic heterocycles. The summed E-state index contributed by atoms with van der Waals surface area (Å²) in [5.74, 6) is 0.242. The van der Waals surface area contributed by atoms with E-state index >= 15 is 0 Å². The standard InChI is InChI=1S/C33H36N4O6S2/c1-3-41-30(39)18-35-32(40)34-17-23-5-4-6-27(15-23)24-11-13-26(14-12-24)31-42-28(20-44-33-37-36-21(2)45-33)16-29(43-31)25-9-7-22(19-38)8-10-25/h4-15,28-29,31,38H,3,16-20H2,1-2H3,(H2,34,35,40). The number of aryl methyl sites for hydroxylation is 1. The fourth-order valence-corrected chi connectivity index (χ4v) is 6.69. The van der Waals surface area contributed by atoms with Crippen LogP contribution in [0.1, 0.15) is 53.0 Å². The predicted octanol–water partition coefficient (Wildman–Crippen LogP) is 5.71. The number of thioether (sulfide) groups is 1. The Hall–Kier alpha value is -3.81. The lowest BCUT2D eigenvalue weighted by Crippen LogP contribution is -2.38. The summed E-state index contributed by atoms with van der Waals surface area (Å²) in [5, 5.41) is 24.0. The zero-order valence-electron chi connectivity index (χ0n) is 25.1. The van der Waals surface area contributed by atoms with Crippen molar-refractivity contribution in [2.75, 3.05) is 18.9 Å². The van der Waals surface area contributed by atoms with Gasteiger partial charge in [-0.15, -0.1) is 10.2 Å². The van der Waals surface area contributed by atoms with Crippen LogP contribution in [0, 0.1) is 6.92 Å². The molecule has 0 radical (unpaired) electrons. The van der Waals surface area contributed by atoms with Gasteiger partial charge in [-0.05, 0) is 47.7 Å². The molecular formula is C33H36N4O6S2. The van der Waals surface area contributed by atoms with E-state index < -0.39 is 18.3 Å². The first-order valence-corrected chi connectivity index (χ1v) is 16.5. The van der Waals surface area contributed by atoms with E-state index in [-0.39, 0.29) is 32.0 Å². The molecule has 1 fully saturated rings. The molecule has 10 nitrogen and oxygen atoms in total. The molecule has 2 heterocycles. The van der Waals surface area contributed by atoms with Gasteiger partial charge in [0.05, 0.1) is 25.4 Å². The molecule has 45 heavy (non-hydrogen) atoms. The Bertz CT molecular complexity index is 1560. The number of nitrogens with zero attached hydrogens (tertiary/aromatic N) is 2. The number of carbonyl (C=O) groups excluding carboxylic acids is 2. The Morgan fingerprint density at radius 2 is 1.76 bits per heavy atom. The third kappa shape index (κ3) is 9.35. The molecule has 3 N–H and O–H groups in total. The molecule has 3 aromatic carbocycles. The monoisotopic (exact) mass is 648 g/mol. The highest BCUT2D eigenvalue weighted by molar-refractivity contribution is 8.01. The molecule has 1 aliphatic rings. The smallest absolute Gasteiger partial charge is 0.325 e. The number of esters is 1. The molecule has 4 aromatic rings. The van der Waals surface area contributed by atoms with E-state index in [1.54, 1.807) is 30.0 Å². The van der Waals surface area contributed by atoms with Crippen LogP contribution in [0.3, 0.4) is 0 Å². The number of hydrogen-bond donors (Lipinski definition) is 3. The average Bonchev–Trinajstić information content (AvgIpc) is 3.50. The van der Waals surface area contributed by atoms with Gasteiger partial charge in [0.2, 0.25) is 0 Å². The quantitative estimate of drug-likeness (QED) is 0.131. The molecule has 3 atom stereocenters. The summed E-state index contributed by atoms with van der Waals surface area (Å²) >= 11 is 3.22. The second kappa shape index (κ2) is 16.0. The first-order chi connectivity index (χ1) is 21.9. The highest BCUT2D eigenvalue weighted by atomic mass is 32.2. The SMILES string of the molecule is CCOC(=O)CNC(=O)NCc1cccc(-c2ccc(C3OC(CSc4nnc(C)s4)CC(c4ccc(CO)cc4)O3)cc2)c1. The summed E-state index contributed by atoms with van der Waals surface area (Å²) in [6.07, 6.45) is -0.101. The lowest BCUT2D eigenvalue weighted by molar-refractivity contribution is -0.245. The third-order valence-electron chi connectivity index (χ3n) is 7.11. The molecule has 3 unspecified atom stereocenters. The van der Waals surface area contributed by atoms with Gasteiger partial charge in [0.15, 0.2) is 10.6 Å². The minimum Gasteiger partial charge on any atom is -0.465 e. The van der Waals surface area contributed by atoms with Gasteiger partial charge in [-0.2, -0.15) is 0 Å². The first kappa shape index (κ1) is 32.6. The summed E-state index contributed by atoms with van der Waals surface area (Å²) in [7, 11) is 0. The lowest BCUT2D eigenvalue weighted by atomic mass is 9.99. The van der Waals surface area contributed by atoms with Crippen LogP contribution in [-0.4, -0.2) is 52.3 Å². The number of ether oxygens (including phenoxy) is 3. The Kier molecular flexibility index (Phi) is 11.6. The third-order valence-corrected chi connectivity index (χ3v) is 9.21. The summed E-state index contributed by atoms with van der Waals surface area (Å²) in [6.45, 7) is 4.05. The summed E-state index contributed by atoms with van der Waals surface area (Å²) < 4.78 is 18.7. The van der Waals surface area contributed by atoms with Gasteiger partial charge in [-0.1, -0.05) is 89.8 Å². The van der Waals surface area contributed by atoms with Crippen LogP contribution in [0.15, 0.2) is 77.1 Å². The maximum Gasteiger partial charge on any atom is 0.325 e. The van der Waals surface area contributed by atoms with Crippen molar-refractivity contribution in [2.45, 2.75) is 56.3 Å². The molecule has 0 aliphatic carbocycles. The van der Waals surface area contributed by atoms with E-state index in [9.17, 15) is 14.7 Å². The zero-order valence-corrected chi connectivity index (χ0v) is 26.7. The zero-order chi connectivity index (χ0) is 31.6. The fraction of sp³-hybridized carbons (Fsp3) is 0.333. The van der Waals surface area contributed by atoms with E-state index in [0.29, 0.717) is 13.0 Å². The van der Waals surface area contributed by atoms with Crippen molar-refractivity contribution in [2.24, 2.45) is 0 Å². The van der Waals surface area contributed by atoms with E-state index in [1.807, 2.05) is 79.7 Å². The van der Waals surface area contributed by atoms with Crippen LogP contribution in [0.5, 0.6) is 0 Å². The molecule has 1 saturated heterocycles. The summed E-state index contributed by atoms with van der Waals surface area (Å²) in [6, 6.07) is 23.4. The molecule has 1 aromatic heterocycles. The minimum absolute atomic E-state index is 0.00368. The van der Waals surface area contributed by atoms with Crippen molar-refractivity contribution < 1.29 is 28.9 Å². The van der Waals surface area contributed by atoms with Crippen molar-refractivity contribution in [1.82, 2.24) is 20.8 Å². The molecule has 5 rings (SSSR count). The highest BCUT2D eigenvalue weighted by Crippen LogP contribution is 2.40. The van der Waals surface area contributed by atoms with Gasteiger partial charge in [0.1, 0.15) is 11.6 Å². The van der Waals surface area contributed by atoms with Gasteiger partial charge in [0.25, 0.3) is 0 Å². The maximum atomic E-state index is 12.1. The normalized spacial score (nSPS) is 17.9. The van der Waals surface area contributed by atoms with Crippen molar-refractivity contribution in [3.63, 3.8) is 0 Å². The summed E-state index contributed by atoms with van der Waals surface area (Å²) in [4.78, 5) is 23.5. The van der Waals surface area contributed by atoms with Crippen molar-refractivity contribution in [3.05, 3.63) is 100 Å². The van der Waals surface area contributed by atoms with Gasteiger partial charge in [0, 0.05) is 24.3 Å². The number of aliphatic hydroxyl groups excluding tert-OH is 1. The van der Waals surface area contributed by atoms with E-state index in [4.69, 9.17) is 14.2 Å². The Morgan fingerprint density at radius 1 is 0.978 bits per heavy atom. The molecule has 12 heteroatoms. The number of aliphatic hydroxyl groups is 1. The number of nitrogens with one attached hydrogen (secondary N) is 2. The Balaban J connectivity index is 1.25. The number of benzene rings is 3. The van der Waals surface area contributed by atoms with Gasteiger partial charge in [-0.3, -0.25) is 4.79 Å². The lowest BCUT2D eigenvalue weighted by Gasteiger charge is -2.36. The van der Waals surface area contributed by atoms with Crippen LogP contribution in [0.25, 0.3) is 11.1 Å². The number of hydrogen-bond acceptors (Lipinski definition) is 10. The van der Waals surface area contributed by atoms with E-state index in [0.717, 1.165) is 48.5 Å². The van der Waals surface area contributed by atoms with E-state index in [2.05, 4.69) is 20.8 Å². The molecule has 0 bridgehead atoms. The van der Waals surface area contributed by atoms with Gasteiger partial charge >= 0.3 is 12.0 Å². The minimum atomic E-state index is -0.555. The highest BCUT2D eigenvalue weighted by Gasteiger charge is 2.32. The van der Waals surface area contributed by atoms with E-state index in [1.165, 1.54) is 0 Å². The molecule has 0 spiro atoms. The van der Waals surface area contributed by atoms with Crippen LogP contribution in [-0.2, 0) is 32.2 Å². The van der Waals surface area contributed by atoms with Gasteiger partial charge < -0.3 is 30.0 Å². The van der Waals surface area contributed by atoms with Gasteiger partial charge in [-0.25, -0.2) is 4.79 Å². The van der Waals surface area contributed by atoms with Crippen LogP contribution < -0.4 is 10.6 Å². The second-order valence-corrected chi connectivity index (χ2v) is 12.9. The largest absolute Gasteiger partial charge is 0.465 e. The topological polar surface area (TPSA) is 132 Å². The molecule has 0 saturated carbocycles. The molecule has 236 valence electrons.